The first-order chi connectivity index (χ1) is 22.7. The minimum absolute atomic E-state index is 0. The third kappa shape index (κ3) is 5.01. The summed E-state index contributed by atoms with van der Waals surface area (Å²) in [5.41, 5.74) is -3.35. The predicted molar refractivity (Wildman–Crippen MR) is 180 cm³/mol. The number of ketones is 2. The number of ether oxygens (including phenoxy) is 2. The molecule has 9 heteroatoms. The Bertz CT molecular complexity index is 1720. The number of hydrogen-bond acceptors (Lipinski definition) is 7. The molecule has 0 amide bonds. The van der Waals surface area contributed by atoms with Crippen LogP contribution in [0.25, 0.3) is 0 Å². The molecule has 5 aliphatic rings. The van der Waals surface area contributed by atoms with Crippen LogP contribution in [0.1, 0.15) is 82.9 Å². The van der Waals surface area contributed by atoms with Crippen molar-refractivity contribution in [3.8, 4) is 5.75 Å². The minimum Gasteiger partial charge on any atom is -0.508 e. The van der Waals surface area contributed by atoms with E-state index in [1.807, 2.05) is 12.1 Å². The van der Waals surface area contributed by atoms with E-state index in [0.717, 1.165) is 18.1 Å². The Morgan fingerprint density at radius 3 is 2.51 bits per heavy atom. The minimum atomic E-state index is -2.32. The lowest BCUT2D eigenvalue weighted by Crippen LogP contribution is -2.70. The third-order valence-electron chi connectivity index (χ3n) is 12.3. The largest absolute Gasteiger partial charge is 0.508 e. The topological polar surface area (TPSA) is 113 Å². The molecule has 2 aromatic carbocycles. The van der Waals surface area contributed by atoms with Crippen molar-refractivity contribution in [3.63, 3.8) is 0 Å². The fourth-order valence-electron chi connectivity index (χ4n) is 10.1. The van der Waals surface area contributed by atoms with Gasteiger partial charge in [-0.3, -0.25) is 9.59 Å². The summed E-state index contributed by atoms with van der Waals surface area (Å²) in [6, 6.07) is 13.4. The van der Waals surface area contributed by atoms with Crippen LogP contribution in [0.5, 0.6) is 5.75 Å². The quantitative estimate of drug-likeness (QED) is 0.308. The molecule has 1 heterocycles. The highest BCUT2D eigenvalue weighted by Crippen LogP contribution is 2.72. The van der Waals surface area contributed by atoms with Gasteiger partial charge in [-0.05, 0) is 84.9 Å². The first-order valence-electron chi connectivity index (χ1n) is 17.0. The number of alkyl halides is 2. The number of fused-ring (bicyclic) bond motifs is 7. The number of phenols is 1. The second kappa shape index (κ2) is 12.2. The highest BCUT2D eigenvalue weighted by Gasteiger charge is 2.80. The highest BCUT2D eigenvalue weighted by atomic mass is 19.1. The Morgan fingerprint density at radius 1 is 1.08 bits per heavy atom. The van der Waals surface area contributed by atoms with Crippen molar-refractivity contribution in [3.05, 3.63) is 88.5 Å². The van der Waals surface area contributed by atoms with Gasteiger partial charge in [0, 0.05) is 28.7 Å². The maximum atomic E-state index is 17.6. The molecule has 1 aliphatic heterocycles. The molecule has 0 unspecified atom stereocenters. The molecule has 0 aromatic heterocycles. The maximum Gasteiger partial charge on any atom is 0.193 e. The van der Waals surface area contributed by atoms with Gasteiger partial charge in [-0.25, -0.2) is 8.78 Å². The molecule has 0 spiro atoms. The Balaban J connectivity index is 0.00000417. The number of aliphatic hydroxyl groups excluding tert-OH is 2. The van der Waals surface area contributed by atoms with E-state index in [1.165, 1.54) is 24.6 Å². The van der Waals surface area contributed by atoms with E-state index in [-0.39, 0.29) is 38.0 Å². The standard InChI is InChI=1S/C39H44F2O7.CH4/c1-21(2)12-22-6-5-7-23(13-22)14-24-8-9-25(15-31(24)44)35-47-34-18-27-28-17-30(40)29-16-26(43)10-11-36(29,3)38(28,41)32(45)19-37(27,4)39(34,48-35)33(46)20-42;/h5-11,13,15-16,21,27-28,30,32,34-35,42,44-45H,12,14,17-20H2,1-4H3;1H4/t27-,28-,30-,32-,34+,35+,36-,37-,38-,39+;/m0./s1. The molecule has 1 saturated heterocycles. The average molecular weight is 679 g/mol. The predicted octanol–water partition coefficient (Wildman–Crippen LogP) is 6.46. The van der Waals surface area contributed by atoms with Crippen molar-refractivity contribution in [1.82, 2.24) is 0 Å². The Morgan fingerprint density at radius 2 is 1.82 bits per heavy atom. The van der Waals surface area contributed by atoms with Crippen LogP contribution in [0.4, 0.5) is 8.78 Å². The van der Waals surface area contributed by atoms with E-state index in [0.29, 0.717) is 23.5 Å². The second-order valence-corrected chi connectivity index (χ2v) is 15.5. The van der Waals surface area contributed by atoms with Crippen LogP contribution >= 0.6 is 0 Å². The number of carbonyl (C=O) groups excluding carboxylic acids is 2. The van der Waals surface area contributed by atoms with Crippen LogP contribution in [0, 0.1) is 28.6 Å². The van der Waals surface area contributed by atoms with Gasteiger partial charge in [-0.1, -0.05) is 70.7 Å². The van der Waals surface area contributed by atoms with Gasteiger partial charge in [-0.2, -0.15) is 0 Å². The Labute approximate surface area is 287 Å². The zero-order valence-electron chi connectivity index (χ0n) is 27.8. The van der Waals surface area contributed by atoms with E-state index >= 15 is 8.78 Å². The number of aliphatic hydroxyl groups is 2. The third-order valence-corrected chi connectivity index (χ3v) is 12.3. The van der Waals surface area contributed by atoms with Crippen LogP contribution < -0.4 is 0 Å². The smallest absolute Gasteiger partial charge is 0.193 e. The summed E-state index contributed by atoms with van der Waals surface area (Å²) in [5, 5.41) is 33.0. The zero-order chi connectivity index (χ0) is 34.4. The summed E-state index contributed by atoms with van der Waals surface area (Å²) < 4.78 is 46.4. The normalized spacial score (nSPS) is 39.0. The molecule has 2 aromatic rings. The molecule has 0 radical (unpaired) electrons. The summed E-state index contributed by atoms with van der Waals surface area (Å²) in [5.74, 6) is -2.18. The van der Waals surface area contributed by atoms with Crippen molar-refractivity contribution in [2.24, 2.45) is 28.6 Å². The first kappa shape index (κ1) is 35.6. The van der Waals surface area contributed by atoms with E-state index in [2.05, 4.69) is 26.0 Å². The first-order valence-corrected chi connectivity index (χ1v) is 17.0. The molecule has 49 heavy (non-hydrogen) atoms. The fourth-order valence-corrected chi connectivity index (χ4v) is 10.1. The molecule has 4 aliphatic carbocycles. The van der Waals surface area contributed by atoms with Crippen LogP contribution in [-0.2, 0) is 31.9 Å². The van der Waals surface area contributed by atoms with Crippen LogP contribution in [-0.4, -0.2) is 63.1 Å². The lowest BCUT2D eigenvalue weighted by Gasteiger charge is -2.63. The summed E-state index contributed by atoms with van der Waals surface area (Å²) in [6.07, 6.45) is -0.361. The van der Waals surface area contributed by atoms with E-state index < -0.39 is 76.8 Å². The van der Waals surface area contributed by atoms with Crippen molar-refractivity contribution in [2.45, 2.75) is 103 Å². The lowest BCUT2D eigenvalue weighted by atomic mass is 9.44. The molecule has 3 N–H and O–H groups in total. The van der Waals surface area contributed by atoms with Crippen molar-refractivity contribution >= 4 is 11.6 Å². The van der Waals surface area contributed by atoms with Gasteiger partial charge >= 0.3 is 0 Å². The maximum absolute atomic E-state index is 17.6. The van der Waals surface area contributed by atoms with Gasteiger partial charge in [0.1, 0.15) is 18.5 Å². The average Bonchev–Trinajstić information content (AvgIpc) is 3.53. The fraction of sp³-hybridized carbons (Fsp3) is 0.550. The number of allylic oxidation sites excluding steroid dienone is 4. The Hall–Kier alpha value is -3.24. The molecular formula is C40H48F2O7. The second-order valence-electron chi connectivity index (χ2n) is 15.5. The van der Waals surface area contributed by atoms with Gasteiger partial charge in [0.05, 0.1) is 12.2 Å². The Kier molecular flexibility index (Phi) is 8.87. The van der Waals surface area contributed by atoms with Crippen LogP contribution in [0.2, 0.25) is 0 Å². The number of hydrogen-bond donors (Lipinski definition) is 3. The molecule has 4 fully saturated rings. The number of halogens is 2. The zero-order valence-corrected chi connectivity index (χ0v) is 27.8. The SMILES string of the molecule is C.CC(C)Cc1cccc(Cc2ccc([C@@H]3O[C@@H]4C[C@H]5[C@@H]6C[C@H](F)C7=CC(=O)C=C[C@]7(C)[C@@]6(F)[C@@H](O)C[C@]5(C)[C@]4(C(=O)CO)O3)cc2O)c1. The number of benzene rings is 2. The summed E-state index contributed by atoms with van der Waals surface area (Å²) in [7, 11) is 0. The molecule has 7 rings (SSSR count). The molecule has 7 nitrogen and oxygen atoms in total. The molecule has 0 bridgehead atoms. The summed E-state index contributed by atoms with van der Waals surface area (Å²) in [6.45, 7) is 6.75. The van der Waals surface area contributed by atoms with Crippen LogP contribution in [0.3, 0.4) is 0 Å². The monoisotopic (exact) mass is 678 g/mol. The van der Waals surface area contributed by atoms with Gasteiger partial charge in [0.25, 0.3) is 0 Å². The van der Waals surface area contributed by atoms with Crippen molar-refractivity contribution in [2.75, 3.05) is 6.61 Å². The van der Waals surface area contributed by atoms with Crippen molar-refractivity contribution in [1.29, 1.82) is 0 Å². The molecule has 10 atom stereocenters. The highest BCUT2D eigenvalue weighted by molar-refractivity contribution is 6.01. The van der Waals surface area contributed by atoms with E-state index in [9.17, 15) is 24.9 Å². The number of carbonyl (C=O) groups is 2. The molecular weight excluding hydrogens is 630 g/mol. The number of aromatic hydroxyl groups is 1. The van der Waals surface area contributed by atoms with Gasteiger partial charge in [0.15, 0.2) is 29.1 Å². The van der Waals surface area contributed by atoms with E-state index in [1.54, 1.807) is 25.1 Å². The number of Topliss-reactive ketones (excluding diaryl/α,β-unsaturated/α-hetero) is 1. The number of phenolic OH excluding ortho intramolecular Hbond substituents is 1. The molecule has 3 saturated carbocycles. The van der Waals surface area contributed by atoms with Gasteiger partial charge in [-0.15, -0.1) is 0 Å². The lowest BCUT2D eigenvalue weighted by molar-refractivity contribution is -0.235. The summed E-state index contributed by atoms with van der Waals surface area (Å²) >= 11 is 0. The van der Waals surface area contributed by atoms with Gasteiger partial charge in [0.2, 0.25) is 0 Å². The summed E-state index contributed by atoms with van der Waals surface area (Å²) in [4.78, 5) is 26.0. The number of rotatable bonds is 7. The van der Waals surface area contributed by atoms with E-state index in [4.69, 9.17) is 9.47 Å². The van der Waals surface area contributed by atoms with Crippen LogP contribution in [0.15, 0.2) is 66.3 Å². The van der Waals surface area contributed by atoms with Crippen molar-refractivity contribution < 1.29 is 43.2 Å². The van der Waals surface area contributed by atoms with Gasteiger partial charge < -0.3 is 24.8 Å². The molecule has 264 valence electrons.